The van der Waals surface area contributed by atoms with Crippen molar-refractivity contribution in [1.29, 1.82) is 0 Å². The Bertz CT molecular complexity index is 766. The van der Waals surface area contributed by atoms with Crippen LogP contribution >= 0.6 is 12.4 Å². The Morgan fingerprint density at radius 3 is 2.27 bits per heavy atom. The number of para-hydroxylation sites is 1. The molecule has 2 heterocycles. The Morgan fingerprint density at radius 1 is 1.08 bits per heavy atom. The van der Waals surface area contributed by atoms with Crippen molar-refractivity contribution in [2.75, 3.05) is 26.2 Å². The van der Waals surface area contributed by atoms with Crippen LogP contribution in [0.1, 0.15) is 19.4 Å². The van der Waals surface area contributed by atoms with Crippen LogP contribution in [0.4, 0.5) is 0 Å². The molecule has 1 atom stereocenters. The molecule has 6 nitrogen and oxygen atoms in total. The average Bonchev–Trinajstić information content (AvgIpc) is 3.03. The fourth-order valence-corrected chi connectivity index (χ4v) is 3.37. The SMILES string of the molecule is CC(C)C(=O)N1CCN(C(=O)[C@@H](N)Cc2c[nH]c3ccccc23)CC1.Cl. The van der Waals surface area contributed by atoms with Gasteiger partial charge in [-0.05, 0) is 18.1 Å². The van der Waals surface area contributed by atoms with E-state index in [2.05, 4.69) is 4.98 Å². The third-order valence-electron chi connectivity index (χ3n) is 4.83. The lowest BCUT2D eigenvalue weighted by atomic mass is 10.0. The Hall–Kier alpha value is -2.05. The molecule has 2 aromatic rings. The summed E-state index contributed by atoms with van der Waals surface area (Å²) in [5, 5.41) is 1.11. The molecule has 0 radical (unpaired) electrons. The molecule has 7 heteroatoms. The summed E-state index contributed by atoms with van der Waals surface area (Å²) in [6.45, 7) is 6.08. The van der Waals surface area contributed by atoms with Gasteiger partial charge in [-0.3, -0.25) is 9.59 Å². The zero-order valence-electron chi connectivity index (χ0n) is 15.3. The van der Waals surface area contributed by atoms with Crippen LogP contribution in [0.15, 0.2) is 30.5 Å². The number of rotatable bonds is 4. The molecule has 1 aromatic carbocycles. The van der Waals surface area contributed by atoms with Crippen LogP contribution in [0, 0.1) is 5.92 Å². The molecule has 26 heavy (non-hydrogen) atoms. The maximum atomic E-state index is 12.7. The van der Waals surface area contributed by atoms with Crippen LogP contribution in [0.5, 0.6) is 0 Å². The van der Waals surface area contributed by atoms with E-state index in [1.807, 2.05) is 49.2 Å². The predicted molar refractivity (Wildman–Crippen MR) is 105 cm³/mol. The van der Waals surface area contributed by atoms with E-state index in [-0.39, 0.29) is 30.1 Å². The number of hydrogen-bond donors (Lipinski definition) is 2. The molecule has 0 bridgehead atoms. The van der Waals surface area contributed by atoms with Crippen LogP contribution < -0.4 is 5.73 Å². The smallest absolute Gasteiger partial charge is 0.239 e. The minimum atomic E-state index is -0.563. The van der Waals surface area contributed by atoms with Gasteiger partial charge in [-0.1, -0.05) is 32.0 Å². The van der Waals surface area contributed by atoms with Gasteiger partial charge in [-0.25, -0.2) is 0 Å². The first-order valence-electron chi connectivity index (χ1n) is 8.85. The second-order valence-corrected chi connectivity index (χ2v) is 6.98. The van der Waals surface area contributed by atoms with Gasteiger partial charge in [0.15, 0.2) is 0 Å². The normalized spacial score (nSPS) is 15.8. The number of carbonyl (C=O) groups is 2. The Labute approximate surface area is 160 Å². The van der Waals surface area contributed by atoms with Crippen molar-refractivity contribution in [3.8, 4) is 0 Å². The molecular formula is C19H27ClN4O2. The highest BCUT2D eigenvalue weighted by Crippen LogP contribution is 2.19. The standard InChI is InChI=1S/C19H26N4O2.ClH/c1-13(2)18(24)22-7-9-23(10-8-22)19(25)16(20)11-14-12-21-17-6-4-3-5-15(14)17;/h3-6,12-13,16,21H,7-11,20H2,1-2H3;1H/t16-;/m0./s1. The molecule has 3 N–H and O–H groups in total. The van der Waals surface area contributed by atoms with E-state index in [1.54, 1.807) is 4.90 Å². The predicted octanol–water partition coefficient (Wildman–Crippen LogP) is 1.79. The summed E-state index contributed by atoms with van der Waals surface area (Å²) in [5.74, 6) is 0.100. The molecular weight excluding hydrogens is 352 g/mol. The van der Waals surface area contributed by atoms with E-state index < -0.39 is 6.04 Å². The Kier molecular flexibility index (Phi) is 6.67. The summed E-state index contributed by atoms with van der Waals surface area (Å²) in [5.41, 5.74) is 8.30. The van der Waals surface area contributed by atoms with E-state index in [4.69, 9.17) is 5.73 Å². The first-order chi connectivity index (χ1) is 12.0. The maximum Gasteiger partial charge on any atom is 0.239 e. The van der Waals surface area contributed by atoms with Crippen molar-refractivity contribution in [2.24, 2.45) is 11.7 Å². The summed E-state index contributed by atoms with van der Waals surface area (Å²) in [4.78, 5) is 31.5. The first-order valence-corrected chi connectivity index (χ1v) is 8.85. The van der Waals surface area contributed by atoms with E-state index in [0.29, 0.717) is 32.6 Å². The highest BCUT2D eigenvalue weighted by molar-refractivity contribution is 5.86. The molecule has 0 unspecified atom stereocenters. The number of amides is 2. The molecule has 1 saturated heterocycles. The summed E-state index contributed by atoms with van der Waals surface area (Å²) in [7, 11) is 0. The third kappa shape index (κ3) is 4.19. The zero-order valence-corrected chi connectivity index (χ0v) is 16.1. The van der Waals surface area contributed by atoms with Gasteiger partial charge in [-0.2, -0.15) is 0 Å². The number of fused-ring (bicyclic) bond motifs is 1. The number of nitrogens with two attached hydrogens (primary N) is 1. The van der Waals surface area contributed by atoms with Crippen LogP contribution in [0.3, 0.4) is 0 Å². The molecule has 0 saturated carbocycles. The first kappa shape index (κ1) is 20.3. The fraction of sp³-hybridized carbons (Fsp3) is 0.474. The highest BCUT2D eigenvalue weighted by atomic mass is 35.5. The van der Waals surface area contributed by atoms with Crippen molar-refractivity contribution in [1.82, 2.24) is 14.8 Å². The zero-order chi connectivity index (χ0) is 18.0. The van der Waals surface area contributed by atoms with Crippen LogP contribution in [0.2, 0.25) is 0 Å². The molecule has 0 aliphatic carbocycles. The van der Waals surface area contributed by atoms with Gasteiger partial charge in [0.1, 0.15) is 0 Å². The molecule has 1 fully saturated rings. The number of H-pyrrole nitrogens is 1. The molecule has 1 aromatic heterocycles. The van der Waals surface area contributed by atoms with Crippen LogP contribution in [-0.4, -0.2) is 58.8 Å². The lowest BCUT2D eigenvalue weighted by molar-refractivity contribution is -0.142. The Morgan fingerprint density at radius 2 is 1.65 bits per heavy atom. The van der Waals surface area contributed by atoms with Crippen molar-refractivity contribution < 1.29 is 9.59 Å². The number of hydrogen-bond acceptors (Lipinski definition) is 3. The summed E-state index contributed by atoms with van der Waals surface area (Å²) in [6.07, 6.45) is 2.44. The summed E-state index contributed by atoms with van der Waals surface area (Å²) < 4.78 is 0. The number of nitrogens with zero attached hydrogens (tertiary/aromatic N) is 2. The molecule has 0 spiro atoms. The maximum absolute atomic E-state index is 12.7. The second kappa shape index (κ2) is 8.56. The van der Waals surface area contributed by atoms with Crippen LogP contribution in [-0.2, 0) is 16.0 Å². The van der Waals surface area contributed by atoms with Gasteiger partial charge in [-0.15, -0.1) is 12.4 Å². The second-order valence-electron chi connectivity index (χ2n) is 6.98. The molecule has 1 aliphatic heterocycles. The number of halogens is 1. The molecule has 1 aliphatic rings. The number of nitrogens with one attached hydrogen (secondary N) is 1. The molecule has 3 rings (SSSR count). The van der Waals surface area contributed by atoms with E-state index in [1.165, 1.54) is 0 Å². The lowest BCUT2D eigenvalue weighted by Gasteiger charge is -2.36. The minimum Gasteiger partial charge on any atom is -0.361 e. The largest absolute Gasteiger partial charge is 0.361 e. The van der Waals surface area contributed by atoms with Gasteiger partial charge in [0.05, 0.1) is 6.04 Å². The van der Waals surface area contributed by atoms with E-state index in [0.717, 1.165) is 16.5 Å². The molecule has 142 valence electrons. The summed E-state index contributed by atoms with van der Waals surface area (Å²) in [6, 6.07) is 7.45. The van der Waals surface area contributed by atoms with Gasteiger partial charge >= 0.3 is 0 Å². The van der Waals surface area contributed by atoms with Gasteiger partial charge in [0.25, 0.3) is 0 Å². The fourth-order valence-electron chi connectivity index (χ4n) is 3.37. The monoisotopic (exact) mass is 378 g/mol. The van der Waals surface area contributed by atoms with E-state index >= 15 is 0 Å². The topological polar surface area (TPSA) is 82.4 Å². The van der Waals surface area contributed by atoms with Crippen molar-refractivity contribution in [3.05, 3.63) is 36.0 Å². The minimum absolute atomic E-state index is 0. The quantitative estimate of drug-likeness (QED) is 0.850. The summed E-state index contributed by atoms with van der Waals surface area (Å²) >= 11 is 0. The number of aromatic nitrogens is 1. The van der Waals surface area contributed by atoms with Crippen LogP contribution in [0.25, 0.3) is 10.9 Å². The number of aromatic amines is 1. The number of carbonyl (C=O) groups excluding carboxylic acids is 2. The molecule has 2 amide bonds. The van der Waals surface area contributed by atoms with Gasteiger partial charge in [0, 0.05) is 49.2 Å². The van der Waals surface area contributed by atoms with Crippen molar-refractivity contribution in [2.45, 2.75) is 26.3 Å². The Balaban J connectivity index is 0.00000243. The van der Waals surface area contributed by atoms with Gasteiger partial charge in [0.2, 0.25) is 11.8 Å². The lowest BCUT2D eigenvalue weighted by Crippen LogP contribution is -2.55. The van der Waals surface area contributed by atoms with Gasteiger partial charge < -0.3 is 20.5 Å². The van der Waals surface area contributed by atoms with Crippen molar-refractivity contribution >= 4 is 35.1 Å². The third-order valence-corrected chi connectivity index (χ3v) is 4.83. The number of piperazine rings is 1. The number of benzene rings is 1. The highest BCUT2D eigenvalue weighted by Gasteiger charge is 2.28. The van der Waals surface area contributed by atoms with E-state index in [9.17, 15) is 9.59 Å². The average molecular weight is 379 g/mol. The van der Waals surface area contributed by atoms with Crippen molar-refractivity contribution in [3.63, 3.8) is 0 Å².